The molecule has 9 aliphatic rings. The highest BCUT2D eigenvalue weighted by molar-refractivity contribution is 5.26. The second-order valence-corrected chi connectivity index (χ2v) is 23.8. The molecule has 426 valence electrons. The van der Waals surface area contributed by atoms with Crippen LogP contribution in [0.5, 0.6) is 0 Å². The fourth-order valence-corrected chi connectivity index (χ4v) is 15.0. The number of ether oxygens (including phenoxy) is 9. The van der Waals surface area contributed by atoms with E-state index < -0.39 is 154 Å². The van der Waals surface area contributed by atoms with Gasteiger partial charge in [-0.25, -0.2) is 0 Å². The zero-order chi connectivity index (χ0) is 53.5. The fourth-order valence-electron chi connectivity index (χ4n) is 15.0. The van der Waals surface area contributed by atoms with E-state index in [1.165, 1.54) is 19.4 Å². The SMILES string of the molecule is C[C@@H]1O[C@@H](O[C@H]2[C@H](O[C@H]3CC[C@@]4(C)C(=CC[C@H]5[C@@H]6C[C@@H]7O[C@](O)(CC[C@@H](CO)CO[C@@H]8O[C@H](CO)[C@@H](O)[C@H](O)[C@H]8O)[C@@H](C)[C@@H]7[C@@]6(C)CC[C@@H]54)C3)O[C@H](CO)[C@@H](O[C@@H]3O[C@@H](C)[C@H](O)[C@@H](O)[C@H]3O)[C@@H]2O)[C@H](O)[C@H](O)[C@H]1O. The van der Waals surface area contributed by atoms with Crippen molar-refractivity contribution >= 4 is 0 Å². The summed E-state index contributed by atoms with van der Waals surface area (Å²) >= 11 is 0. The predicted molar refractivity (Wildman–Crippen MR) is 250 cm³/mol. The normalized spacial score (nSPS) is 54.9. The van der Waals surface area contributed by atoms with Crippen LogP contribution in [-0.2, 0) is 42.6 Å². The van der Waals surface area contributed by atoms with Crippen molar-refractivity contribution in [3.8, 4) is 0 Å². The molecular formula is C51H84O23. The highest BCUT2D eigenvalue weighted by Crippen LogP contribution is 2.70. The Morgan fingerprint density at radius 1 is 0.635 bits per heavy atom. The van der Waals surface area contributed by atoms with Crippen LogP contribution in [-0.4, -0.2) is 239 Å². The van der Waals surface area contributed by atoms with E-state index in [-0.39, 0.29) is 48.4 Å². The molecule has 5 heterocycles. The molecule has 0 aromatic rings. The summed E-state index contributed by atoms with van der Waals surface area (Å²) in [6.45, 7) is 8.03. The van der Waals surface area contributed by atoms with Gasteiger partial charge in [0.2, 0.25) is 0 Å². The van der Waals surface area contributed by atoms with E-state index in [4.69, 9.17) is 42.6 Å². The molecular weight excluding hydrogens is 981 g/mol. The minimum atomic E-state index is -1.76. The van der Waals surface area contributed by atoms with E-state index in [0.29, 0.717) is 37.0 Å². The lowest BCUT2D eigenvalue weighted by Crippen LogP contribution is -2.66. The van der Waals surface area contributed by atoms with Crippen molar-refractivity contribution in [2.75, 3.05) is 26.4 Å². The Morgan fingerprint density at radius 2 is 1.23 bits per heavy atom. The topological polar surface area (TPSA) is 366 Å². The molecule has 5 saturated heterocycles. The molecule has 4 aliphatic carbocycles. The second-order valence-electron chi connectivity index (χ2n) is 23.8. The average molecular weight is 1070 g/mol. The highest BCUT2D eigenvalue weighted by atomic mass is 16.8. The van der Waals surface area contributed by atoms with E-state index in [0.717, 1.165) is 32.1 Å². The first kappa shape index (κ1) is 57.5. The van der Waals surface area contributed by atoms with Crippen molar-refractivity contribution in [2.24, 2.45) is 46.3 Å². The number of hydrogen-bond donors (Lipinski definition) is 14. The summed E-state index contributed by atoms with van der Waals surface area (Å²) in [7, 11) is 0. The van der Waals surface area contributed by atoms with Gasteiger partial charge in [0.1, 0.15) is 85.5 Å². The van der Waals surface area contributed by atoms with Crippen molar-refractivity contribution in [3.05, 3.63) is 11.6 Å². The van der Waals surface area contributed by atoms with Gasteiger partial charge in [-0.05, 0) is 99.7 Å². The number of allylic oxidation sites excluding steroid dienone is 1. The van der Waals surface area contributed by atoms with Crippen molar-refractivity contribution < 1.29 is 114 Å². The van der Waals surface area contributed by atoms with Crippen LogP contribution in [0.4, 0.5) is 0 Å². The van der Waals surface area contributed by atoms with E-state index in [2.05, 4.69) is 26.8 Å². The van der Waals surface area contributed by atoms with Crippen LogP contribution in [0.3, 0.4) is 0 Å². The maximum absolute atomic E-state index is 12.1. The number of aliphatic hydroxyl groups is 14. The van der Waals surface area contributed by atoms with Crippen LogP contribution in [0.2, 0.25) is 0 Å². The minimum Gasteiger partial charge on any atom is -0.396 e. The molecule has 14 N–H and O–H groups in total. The molecule has 0 spiro atoms. The lowest BCUT2D eigenvalue weighted by Gasteiger charge is -2.58. The standard InChI is InChI=1S/C51H84O23/c1-20-32-29(74-51(20,65)13-8-23(16-52)19-66-45-39(61)38(60)35(57)30(17-53)70-45)15-28-26-7-6-24-14-25(9-11-49(24,4)27(26)10-12-50(28,32)5)69-48-44(73-47-41(63)37(59)34(56)22(3)68-47)42(64)43(31(18-54)71-48)72-46-40(62)36(58)33(55)21(2)67-46/h6,20-23,25-48,52-65H,7-19H2,1-5H3/t20-,21-,22-,23-,25-,26+,27-,28-,29-,30+,31+,32-,33-,34-,35+,36+,37+,38-,39+,40+,41+,42-,43+,44+,45+,46-,47-,48+,49-,50-,51+/m0/s1. The Bertz CT molecular complexity index is 1920. The Kier molecular flexibility index (Phi) is 17.4. The molecule has 9 rings (SSSR count). The van der Waals surface area contributed by atoms with Gasteiger partial charge in [-0.2, -0.15) is 0 Å². The molecule has 0 bridgehead atoms. The second kappa shape index (κ2) is 22.4. The Balaban J connectivity index is 0.850. The lowest BCUT2D eigenvalue weighted by atomic mass is 9.47. The van der Waals surface area contributed by atoms with Gasteiger partial charge in [0.25, 0.3) is 0 Å². The molecule has 0 aromatic heterocycles. The van der Waals surface area contributed by atoms with Gasteiger partial charge in [-0.3, -0.25) is 0 Å². The minimum absolute atomic E-state index is 0.0749. The third-order valence-corrected chi connectivity index (χ3v) is 19.6. The van der Waals surface area contributed by atoms with E-state index in [1.807, 2.05) is 0 Å². The van der Waals surface area contributed by atoms with Gasteiger partial charge >= 0.3 is 0 Å². The Hall–Kier alpha value is -1.18. The van der Waals surface area contributed by atoms with Crippen molar-refractivity contribution in [1.29, 1.82) is 0 Å². The van der Waals surface area contributed by atoms with Crippen LogP contribution < -0.4 is 0 Å². The summed E-state index contributed by atoms with van der Waals surface area (Å²) in [6, 6.07) is 0. The maximum Gasteiger partial charge on any atom is 0.187 e. The molecule has 8 fully saturated rings. The average Bonchev–Trinajstić information content (AvgIpc) is 3.82. The Morgan fingerprint density at radius 3 is 1.85 bits per heavy atom. The van der Waals surface area contributed by atoms with Crippen LogP contribution in [0.1, 0.15) is 92.4 Å². The molecule has 74 heavy (non-hydrogen) atoms. The monoisotopic (exact) mass is 1060 g/mol. The molecule has 0 unspecified atom stereocenters. The van der Waals surface area contributed by atoms with Crippen LogP contribution in [0, 0.1) is 46.3 Å². The zero-order valence-corrected chi connectivity index (χ0v) is 42.9. The van der Waals surface area contributed by atoms with Crippen LogP contribution in [0.25, 0.3) is 0 Å². The van der Waals surface area contributed by atoms with Crippen LogP contribution in [0.15, 0.2) is 11.6 Å². The first-order valence-electron chi connectivity index (χ1n) is 26.9. The van der Waals surface area contributed by atoms with E-state index >= 15 is 0 Å². The number of aliphatic hydroxyl groups excluding tert-OH is 13. The quantitative estimate of drug-likeness (QED) is 0.0727. The number of hydrogen-bond acceptors (Lipinski definition) is 23. The third kappa shape index (κ3) is 10.2. The summed E-state index contributed by atoms with van der Waals surface area (Å²) in [5.41, 5.74) is 0.972. The summed E-state index contributed by atoms with van der Waals surface area (Å²) < 4.78 is 54.4. The van der Waals surface area contributed by atoms with E-state index in [9.17, 15) is 71.5 Å². The Labute approximate surface area is 430 Å². The number of rotatable bonds is 15. The van der Waals surface area contributed by atoms with Gasteiger partial charge in [-0.15, -0.1) is 0 Å². The molecule has 0 radical (unpaired) electrons. The smallest absolute Gasteiger partial charge is 0.187 e. The molecule has 5 aliphatic heterocycles. The zero-order valence-electron chi connectivity index (χ0n) is 42.9. The molecule has 23 nitrogen and oxygen atoms in total. The van der Waals surface area contributed by atoms with Crippen molar-refractivity contribution in [2.45, 2.75) is 233 Å². The molecule has 23 heteroatoms. The largest absolute Gasteiger partial charge is 0.396 e. The van der Waals surface area contributed by atoms with Crippen LogP contribution >= 0.6 is 0 Å². The van der Waals surface area contributed by atoms with Crippen molar-refractivity contribution in [1.82, 2.24) is 0 Å². The maximum atomic E-state index is 12.1. The first-order valence-corrected chi connectivity index (χ1v) is 26.9. The predicted octanol–water partition coefficient (Wildman–Crippen LogP) is -3.01. The fraction of sp³-hybridized carbons (Fsp3) is 0.961. The van der Waals surface area contributed by atoms with Gasteiger partial charge in [0.05, 0.1) is 44.2 Å². The molecule has 0 aromatic carbocycles. The molecule has 0 amide bonds. The summed E-state index contributed by atoms with van der Waals surface area (Å²) in [4.78, 5) is 0. The first-order chi connectivity index (χ1) is 35.0. The van der Waals surface area contributed by atoms with Gasteiger partial charge in [-0.1, -0.05) is 32.4 Å². The highest BCUT2D eigenvalue weighted by Gasteiger charge is 2.68. The van der Waals surface area contributed by atoms with E-state index in [1.54, 1.807) is 0 Å². The summed E-state index contributed by atoms with van der Waals surface area (Å²) in [6.07, 6.45) is -21.6. The van der Waals surface area contributed by atoms with Crippen molar-refractivity contribution in [3.63, 3.8) is 0 Å². The van der Waals surface area contributed by atoms with Gasteiger partial charge in [0, 0.05) is 24.9 Å². The summed E-state index contributed by atoms with van der Waals surface area (Å²) in [5, 5.41) is 149. The summed E-state index contributed by atoms with van der Waals surface area (Å²) in [5.74, 6) is -0.984. The third-order valence-electron chi connectivity index (χ3n) is 19.6. The van der Waals surface area contributed by atoms with Gasteiger partial charge in [0.15, 0.2) is 30.9 Å². The molecule has 3 saturated carbocycles. The van der Waals surface area contributed by atoms with Gasteiger partial charge < -0.3 is 114 Å². The lowest BCUT2D eigenvalue weighted by molar-refractivity contribution is -0.388. The number of fused-ring (bicyclic) bond motifs is 7. The molecule has 31 atom stereocenters.